The maximum absolute atomic E-state index is 12.9. The van der Waals surface area contributed by atoms with E-state index in [4.69, 9.17) is 9.47 Å². The van der Waals surface area contributed by atoms with Crippen molar-refractivity contribution in [3.05, 3.63) is 48.0 Å². The number of hydrogen-bond donors (Lipinski definition) is 1. The average molecular weight is 396 g/mol. The number of hydrogen-bond acceptors (Lipinski definition) is 4. The van der Waals surface area contributed by atoms with Crippen LogP contribution in [0.25, 0.3) is 0 Å². The van der Waals surface area contributed by atoms with E-state index in [9.17, 15) is 9.59 Å². The highest BCUT2D eigenvalue weighted by Crippen LogP contribution is 2.31. The van der Waals surface area contributed by atoms with Gasteiger partial charge in [0.05, 0.1) is 24.8 Å². The second kappa shape index (κ2) is 9.45. The lowest BCUT2D eigenvalue weighted by Crippen LogP contribution is -2.28. The van der Waals surface area contributed by atoms with E-state index < -0.39 is 5.92 Å². The minimum atomic E-state index is -0.418. The number of amides is 2. The van der Waals surface area contributed by atoms with Crippen LogP contribution in [0.1, 0.15) is 32.8 Å². The second-order valence-corrected chi connectivity index (χ2v) is 6.94. The van der Waals surface area contributed by atoms with E-state index in [-0.39, 0.29) is 18.2 Å². The smallest absolute Gasteiger partial charge is 0.229 e. The summed E-state index contributed by atoms with van der Waals surface area (Å²) in [5.41, 5.74) is 2.60. The standard InChI is InChI=1S/C23H28N2O4/c1-4-16-7-9-18(10-8-16)25-15-17(13-22(25)26)23(27)24-20-14-19(28-5-2)11-12-21(20)29-6-3/h7-12,14,17H,4-6,13,15H2,1-3H3,(H,24,27). The Kier molecular flexibility index (Phi) is 6.75. The highest BCUT2D eigenvalue weighted by Gasteiger charge is 2.35. The zero-order valence-corrected chi connectivity index (χ0v) is 17.2. The summed E-state index contributed by atoms with van der Waals surface area (Å²) < 4.78 is 11.1. The Hall–Kier alpha value is -3.02. The number of benzene rings is 2. The number of nitrogens with zero attached hydrogens (tertiary/aromatic N) is 1. The van der Waals surface area contributed by atoms with Crippen molar-refractivity contribution >= 4 is 23.2 Å². The SMILES string of the molecule is CCOc1ccc(OCC)c(NC(=O)C2CC(=O)N(c3ccc(CC)cc3)C2)c1. The van der Waals surface area contributed by atoms with E-state index in [1.165, 1.54) is 5.56 Å². The first-order valence-electron chi connectivity index (χ1n) is 10.2. The third-order valence-electron chi connectivity index (χ3n) is 4.97. The van der Waals surface area contributed by atoms with Crippen molar-refractivity contribution in [3.63, 3.8) is 0 Å². The van der Waals surface area contributed by atoms with Crippen LogP contribution in [0.3, 0.4) is 0 Å². The van der Waals surface area contributed by atoms with Crippen molar-refractivity contribution in [2.75, 3.05) is 30.0 Å². The summed E-state index contributed by atoms with van der Waals surface area (Å²) in [5.74, 6) is 0.591. The van der Waals surface area contributed by atoms with Crippen LogP contribution in [-0.2, 0) is 16.0 Å². The molecule has 0 aromatic heterocycles. The van der Waals surface area contributed by atoms with Crippen LogP contribution in [0.5, 0.6) is 11.5 Å². The number of ether oxygens (including phenoxy) is 2. The summed E-state index contributed by atoms with van der Waals surface area (Å²) in [6.07, 6.45) is 1.14. The Balaban J connectivity index is 1.72. The molecule has 1 saturated heterocycles. The van der Waals surface area contributed by atoms with E-state index in [2.05, 4.69) is 12.2 Å². The minimum Gasteiger partial charge on any atom is -0.494 e. The predicted molar refractivity (Wildman–Crippen MR) is 114 cm³/mol. The van der Waals surface area contributed by atoms with Crippen LogP contribution < -0.4 is 19.7 Å². The van der Waals surface area contributed by atoms with Crippen LogP contribution in [0.4, 0.5) is 11.4 Å². The Morgan fingerprint density at radius 3 is 2.45 bits per heavy atom. The molecule has 1 aliphatic heterocycles. The van der Waals surface area contributed by atoms with Crippen LogP contribution >= 0.6 is 0 Å². The van der Waals surface area contributed by atoms with E-state index in [1.54, 1.807) is 17.0 Å². The first kappa shape index (κ1) is 20.7. The molecule has 1 N–H and O–H groups in total. The van der Waals surface area contributed by atoms with Crippen LogP contribution in [0.15, 0.2) is 42.5 Å². The zero-order valence-electron chi connectivity index (χ0n) is 17.2. The highest BCUT2D eigenvalue weighted by molar-refractivity contribution is 6.04. The molecule has 0 aliphatic carbocycles. The lowest BCUT2D eigenvalue weighted by molar-refractivity contribution is -0.122. The van der Waals surface area contributed by atoms with Crippen LogP contribution in [0.2, 0.25) is 0 Å². The van der Waals surface area contributed by atoms with Gasteiger partial charge in [0.25, 0.3) is 0 Å². The lowest BCUT2D eigenvalue weighted by Gasteiger charge is -2.18. The van der Waals surface area contributed by atoms with Gasteiger partial charge in [-0.25, -0.2) is 0 Å². The van der Waals surface area contributed by atoms with Gasteiger partial charge in [-0.3, -0.25) is 9.59 Å². The van der Waals surface area contributed by atoms with Crippen molar-refractivity contribution < 1.29 is 19.1 Å². The summed E-state index contributed by atoms with van der Waals surface area (Å²) >= 11 is 0. The topological polar surface area (TPSA) is 67.9 Å². The normalized spacial score (nSPS) is 16.0. The molecule has 0 bridgehead atoms. The Bertz CT molecular complexity index is 864. The maximum atomic E-state index is 12.9. The van der Waals surface area contributed by atoms with Crippen LogP contribution in [-0.4, -0.2) is 31.6 Å². The van der Waals surface area contributed by atoms with Crippen molar-refractivity contribution in [2.24, 2.45) is 5.92 Å². The molecule has 0 radical (unpaired) electrons. The molecule has 2 amide bonds. The summed E-state index contributed by atoms with van der Waals surface area (Å²) in [7, 11) is 0. The number of rotatable bonds is 8. The largest absolute Gasteiger partial charge is 0.494 e. The number of carbonyl (C=O) groups is 2. The van der Waals surface area contributed by atoms with E-state index in [0.717, 1.165) is 12.1 Å². The van der Waals surface area contributed by atoms with Gasteiger partial charge < -0.3 is 19.7 Å². The molecule has 154 valence electrons. The third-order valence-corrected chi connectivity index (χ3v) is 4.97. The fourth-order valence-electron chi connectivity index (χ4n) is 3.42. The molecule has 1 heterocycles. The molecule has 3 rings (SSSR count). The molecule has 6 heteroatoms. The molecule has 29 heavy (non-hydrogen) atoms. The van der Waals surface area contributed by atoms with E-state index in [0.29, 0.717) is 36.9 Å². The van der Waals surface area contributed by atoms with Gasteiger partial charge in [0.1, 0.15) is 11.5 Å². The Morgan fingerprint density at radius 2 is 1.79 bits per heavy atom. The number of aryl methyl sites for hydroxylation is 1. The predicted octanol–water partition coefficient (Wildman–Crippen LogP) is 4.04. The Morgan fingerprint density at radius 1 is 1.07 bits per heavy atom. The monoisotopic (exact) mass is 396 g/mol. The number of nitrogens with one attached hydrogen (secondary N) is 1. The van der Waals surface area contributed by atoms with Gasteiger partial charge >= 0.3 is 0 Å². The van der Waals surface area contributed by atoms with Crippen molar-refractivity contribution in [2.45, 2.75) is 33.6 Å². The lowest BCUT2D eigenvalue weighted by atomic mass is 10.1. The van der Waals surface area contributed by atoms with Gasteiger partial charge in [-0.05, 0) is 50.1 Å². The molecule has 1 aliphatic rings. The molecule has 2 aromatic carbocycles. The molecule has 0 spiro atoms. The Labute approximate surface area is 171 Å². The van der Waals surface area contributed by atoms with Gasteiger partial charge in [0, 0.05) is 24.7 Å². The molecule has 1 atom stereocenters. The van der Waals surface area contributed by atoms with E-state index in [1.807, 2.05) is 44.2 Å². The van der Waals surface area contributed by atoms with Crippen molar-refractivity contribution in [3.8, 4) is 11.5 Å². The van der Waals surface area contributed by atoms with Gasteiger partial charge in [-0.1, -0.05) is 19.1 Å². The minimum absolute atomic E-state index is 0.0394. The van der Waals surface area contributed by atoms with E-state index >= 15 is 0 Å². The van der Waals surface area contributed by atoms with Crippen molar-refractivity contribution in [1.82, 2.24) is 0 Å². The zero-order chi connectivity index (χ0) is 20.8. The fourth-order valence-corrected chi connectivity index (χ4v) is 3.42. The summed E-state index contributed by atoms with van der Waals surface area (Å²) in [4.78, 5) is 27.1. The molecule has 2 aromatic rings. The third kappa shape index (κ3) is 4.88. The second-order valence-electron chi connectivity index (χ2n) is 6.94. The van der Waals surface area contributed by atoms with Crippen LogP contribution in [0, 0.1) is 5.92 Å². The first-order valence-corrected chi connectivity index (χ1v) is 10.2. The van der Waals surface area contributed by atoms with Gasteiger partial charge in [-0.2, -0.15) is 0 Å². The maximum Gasteiger partial charge on any atom is 0.229 e. The quantitative estimate of drug-likeness (QED) is 0.731. The molecule has 1 unspecified atom stereocenters. The summed E-state index contributed by atoms with van der Waals surface area (Å²) in [6, 6.07) is 13.3. The van der Waals surface area contributed by atoms with Crippen molar-refractivity contribution in [1.29, 1.82) is 0 Å². The number of carbonyl (C=O) groups excluding carboxylic acids is 2. The highest BCUT2D eigenvalue weighted by atomic mass is 16.5. The van der Waals surface area contributed by atoms with Gasteiger partial charge in [0.15, 0.2) is 0 Å². The molecular formula is C23H28N2O4. The van der Waals surface area contributed by atoms with Gasteiger partial charge in [0.2, 0.25) is 11.8 Å². The molecular weight excluding hydrogens is 368 g/mol. The number of anilines is 2. The summed E-state index contributed by atoms with van der Waals surface area (Å²) in [5, 5.41) is 2.92. The molecule has 1 fully saturated rings. The first-order chi connectivity index (χ1) is 14.0. The molecule has 6 nitrogen and oxygen atoms in total. The van der Waals surface area contributed by atoms with Gasteiger partial charge in [-0.15, -0.1) is 0 Å². The summed E-state index contributed by atoms with van der Waals surface area (Å²) in [6.45, 7) is 7.27. The molecule has 0 saturated carbocycles. The fraction of sp³-hybridized carbons (Fsp3) is 0.391. The average Bonchev–Trinajstić information content (AvgIpc) is 3.12.